The van der Waals surface area contributed by atoms with Crippen LogP contribution in [0.5, 0.6) is 0 Å². The molecule has 0 radical (unpaired) electrons. The Bertz CT molecular complexity index is 1020. The molecule has 35 heavy (non-hydrogen) atoms. The van der Waals surface area contributed by atoms with Gasteiger partial charge in [0.1, 0.15) is 11.9 Å². The fourth-order valence-corrected chi connectivity index (χ4v) is 7.25. The third kappa shape index (κ3) is 6.52. The van der Waals surface area contributed by atoms with Crippen LogP contribution in [0.25, 0.3) is 0 Å². The number of nitrogens with zero attached hydrogens (tertiary/aromatic N) is 2. The highest BCUT2D eigenvalue weighted by molar-refractivity contribution is 7.89. The summed E-state index contributed by atoms with van der Waals surface area (Å²) in [5.41, 5.74) is 0.0598. The number of rotatable bonds is 8. The van der Waals surface area contributed by atoms with E-state index in [-0.39, 0.29) is 46.6 Å². The van der Waals surface area contributed by atoms with Crippen LogP contribution in [0.2, 0.25) is 0 Å². The molecule has 1 unspecified atom stereocenters. The molecule has 1 aromatic carbocycles. The lowest BCUT2D eigenvalue weighted by molar-refractivity contribution is -0.127. The van der Waals surface area contributed by atoms with Crippen LogP contribution < -0.4 is 5.32 Å². The van der Waals surface area contributed by atoms with Gasteiger partial charge in [-0.1, -0.05) is 27.7 Å². The summed E-state index contributed by atoms with van der Waals surface area (Å²) in [7, 11) is -2.34. The Balaban J connectivity index is 1.69. The molecule has 196 valence electrons. The van der Waals surface area contributed by atoms with Gasteiger partial charge in [0, 0.05) is 26.2 Å². The van der Waals surface area contributed by atoms with Gasteiger partial charge in [-0.2, -0.15) is 4.31 Å². The van der Waals surface area contributed by atoms with Gasteiger partial charge in [-0.15, -0.1) is 0 Å². The highest BCUT2D eigenvalue weighted by Gasteiger charge is 2.47. The average Bonchev–Trinajstić information content (AvgIpc) is 3.33. The Morgan fingerprint density at radius 3 is 2.40 bits per heavy atom. The Morgan fingerprint density at radius 1 is 1.20 bits per heavy atom. The molecule has 0 aromatic heterocycles. The number of carbonyl (C=O) groups excluding carboxylic acids is 1. The molecule has 1 aromatic rings. The van der Waals surface area contributed by atoms with Gasteiger partial charge in [-0.25, -0.2) is 17.6 Å². The van der Waals surface area contributed by atoms with Crippen molar-refractivity contribution in [2.24, 2.45) is 23.2 Å². The number of amides is 2. The summed E-state index contributed by atoms with van der Waals surface area (Å²) in [6.45, 7) is 9.01. The second-order valence-corrected chi connectivity index (χ2v) is 13.3. The highest BCUT2D eigenvalue weighted by atomic mass is 32.2. The van der Waals surface area contributed by atoms with Gasteiger partial charge >= 0.3 is 6.09 Å². The van der Waals surface area contributed by atoms with E-state index in [9.17, 15) is 27.5 Å². The van der Waals surface area contributed by atoms with Crippen LogP contribution in [0, 0.1) is 29.0 Å². The van der Waals surface area contributed by atoms with Gasteiger partial charge < -0.3 is 10.4 Å². The second-order valence-electron chi connectivity index (χ2n) is 11.4. The highest BCUT2D eigenvalue weighted by Crippen LogP contribution is 2.40. The Hall–Kier alpha value is -2.20. The summed E-state index contributed by atoms with van der Waals surface area (Å²) in [5.74, 6) is -0.612. The molecule has 1 aliphatic carbocycles. The zero-order chi connectivity index (χ0) is 26.1. The molecule has 0 bridgehead atoms. The Morgan fingerprint density at radius 2 is 1.83 bits per heavy atom. The molecule has 3 rings (SSSR count). The minimum absolute atomic E-state index is 0.0445. The fraction of sp³-hybridized carbons (Fsp3) is 0.680. The van der Waals surface area contributed by atoms with Gasteiger partial charge in [0.25, 0.3) is 0 Å². The third-order valence-corrected chi connectivity index (χ3v) is 9.11. The van der Waals surface area contributed by atoms with Crippen molar-refractivity contribution in [1.29, 1.82) is 0 Å². The van der Waals surface area contributed by atoms with E-state index < -0.39 is 28.0 Å². The molecule has 8 nitrogen and oxygen atoms in total. The van der Waals surface area contributed by atoms with Crippen molar-refractivity contribution in [2.75, 3.05) is 20.1 Å². The zero-order valence-corrected chi connectivity index (χ0v) is 22.0. The van der Waals surface area contributed by atoms with Crippen molar-refractivity contribution in [3.63, 3.8) is 0 Å². The summed E-state index contributed by atoms with van der Waals surface area (Å²) in [6.07, 6.45) is 1.62. The Labute approximate surface area is 207 Å². The first-order chi connectivity index (χ1) is 16.2. The van der Waals surface area contributed by atoms with E-state index in [1.165, 1.54) is 23.5 Å². The summed E-state index contributed by atoms with van der Waals surface area (Å²) < 4.78 is 40.8. The maximum atomic E-state index is 13.3. The van der Waals surface area contributed by atoms with Crippen LogP contribution in [0.3, 0.4) is 0 Å². The van der Waals surface area contributed by atoms with Crippen molar-refractivity contribution < 1.29 is 27.5 Å². The number of halogens is 1. The third-order valence-electron chi connectivity index (χ3n) is 7.26. The average molecular weight is 512 g/mol. The molecule has 0 spiro atoms. The molecule has 1 aliphatic heterocycles. The summed E-state index contributed by atoms with van der Waals surface area (Å²) in [5, 5.41) is 12.6. The zero-order valence-electron chi connectivity index (χ0n) is 21.2. The van der Waals surface area contributed by atoms with Crippen LogP contribution in [-0.4, -0.2) is 67.0 Å². The van der Waals surface area contributed by atoms with Gasteiger partial charge in [-0.3, -0.25) is 9.69 Å². The summed E-state index contributed by atoms with van der Waals surface area (Å²) in [6, 6.07) is 3.76. The van der Waals surface area contributed by atoms with Gasteiger partial charge in [0.15, 0.2) is 0 Å². The number of hydrogen-bond acceptors (Lipinski definition) is 4. The number of nitrogens with one attached hydrogen (secondary N) is 1. The molecular formula is C25H38FN3O5S. The van der Waals surface area contributed by atoms with Crippen LogP contribution in [0.1, 0.15) is 53.4 Å². The van der Waals surface area contributed by atoms with Gasteiger partial charge in [-0.05, 0) is 73.1 Å². The van der Waals surface area contributed by atoms with Crippen LogP contribution in [-0.2, 0) is 14.8 Å². The minimum atomic E-state index is -3.76. The minimum Gasteiger partial charge on any atom is -0.465 e. The molecular weight excluding hydrogens is 473 g/mol. The molecule has 2 fully saturated rings. The van der Waals surface area contributed by atoms with Gasteiger partial charge in [0.2, 0.25) is 15.9 Å². The molecule has 1 saturated heterocycles. The molecule has 1 saturated carbocycles. The van der Waals surface area contributed by atoms with E-state index in [1.54, 1.807) is 0 Å². The van der Waals surface area contributed by atoms with E-state index in [2.05, 4.69) is 26.1 Å². The number of sulfonamides is 1. The molecule has 5 atom stereocenters. The number of likely N-dealkylation sites (N-methyl/N-ethyl adjacent to an activating group) is 1. The largest absolute Gasteiger partial charge is 0.465 e. The molecule has 2 amide bonds. The monoisotopic (exact) mass is 511 g/mol. The number of hydrogen-bond donors (Lipinski definition) is 2. The first kappa shape index (κ1) is 27.4. The van der Waals surface area contributed by atoms with Gasteiger partial charge in [0.05, 0.1) is 4.90 Å². The van der Waals surface area contributed by atoms with E-state index in [0.717, 1.165) is 36.3 Å². The normalized spacial score (nSPS) is 24.6. The van der Waals surface area contributed by atoms with Crippen molar-refractivity contribution >= 4 is 22.0 Å². The maximum Gasteiger partial charge on any atom is 0.407 e. The second kappa shape index (κ2) is 10.4. The van der Waals surface area contributed by atoms with Crippen LogP contribution >= 0.6 is 0 Å². The van der Waals surface area contributed by atoms with E-state index in [1.807, 2.05) is 6.92 Å². The number of benzene rings is 1. The smallest absolute Gasteiger partial charge is 0.407 e. The molecule has 2 N–H and O–H groups in total. The van der Waals surface area contributed by atoms with E-state index in [0.29, 0.717) is 13.0 Å². The Kier molecular flexibility index (Phi) is 8.16. The number of fused-ring (bicyclic) bond motifs is 1. The first-order valence-electron chi connectivity index (χ1n) is 12.2. The van der Waals surface area contributed by atoms with Crippen molar-refractivity contribution in [1.82, 2.24) is 14.5 Å². The summed E-state index contributed by atoms with van der Waals surface area (Å²) in [4.78, 5) is 26.1. The predicted molar refractivity (Wildman–Crippen MR) is 131 cm³/mol. The molecule has 10 heteroatoms. The van der Waals surface area contributed by atoms with Crippen LogP contribution in [0.4, 0.5) is 9.18 Å². The van der Waals surface area contributed by atoms with Crippen molar-refractivity contribution in [3.05, 3.63) is 30.1 Å². The van der Waals surface area contributed by atoms with Crippen LogP contribution in [0.15, 0.2) is 29.2 Å². The SMILES string of the molecule is CC(C[C@@H](C(=O)N[C@@H]1CC[C@H]2CN(S(=O)(=O)c3ccc(F)cc3)C[C@H]21)N(C)C(=O)O)CC(C)(C)C. The maximum absolute atomic E-state index is 13.3. The van der Waals surface area contributed by atoms with E-state index >= 15 is 0 Å². The fourth-order valence-electron chi connectivity index (χ4n) is 5.72. The molecule has 1 heterocycles. The first-order valence-corrected chi connectivity index (χ1v) is 13.6. The topological polar surface area (TPSA) is 107 Å². The summed E-state index contributed by atoms with van der Waals surface area (Å²) >= 11 is 0. The lowest BCUT2D eigenvalue weighted by Gasteiger charge is -2.31. The number of carbonyl (C=O) groups is 2. The quantitative estimate of drug-likeness (QED) is 0.552. The lowest BCUT2D eigenvalue weighted by Crippen LogP contribution is -2.52. The van der Waals surface area contributed by atoms with E-state index in [4.69, 9.17) is 0 Å². The van der Waals surface area contributed by atoms with Crippen molar-refractivity contribution in [3.8, 4) is 0 Å². The molecule has 2 aliphatic rings. The lowest BCUT2D eigenvalue weighted by atomic mass is 9.82. The number of carboxylic acid groups (broad SMARTS) is 1. The van der Waals surface area contributed by atoms with Crippen molar-refractivity contribution in [2.45, 2.75) is 70.4 Å². The predicted octanol–water partition coefficient (Wildman–Crippen LogP) is 3.78. The standard InChI is InChI=1S/C25H38FN3O5S/c1-16(13-25(2,3)4)12-22(28(5)24(31)32)23(30)27-21-11-6-17-14-29(15-20(17)21)35(33,34)19-9-7-18(26)8-10-19/h7-10,16-17,20-22H,6,11-15H2,1-5H3,(H,27,30)(H,31,32)/t16?,17-,20+,21+,22-/m0/s1.